The van der Waals surface area contributed by atoms with E-state index in [0.29, 0.717) is 26.1 Å². The van der Waals surface area contributed by atoms with Crippen LogP contribution in [0.4, 0.5) is 8.78 Å². The number of hydrogen-bond donors (Lipinski definition) is 2. The van der Waals surface area contributed by atoms with Crippen molar-refractivity contribution in [3.63, 3.8) is 0 Å². The van der Waals surface area contributed by atoms with Crippen LogP contribution >= 0.6 is 0 Å². The van der Waals surface area contributed by atoms with Gasteiger partial charge in [-0.3, -0.25) is 4.79 Å². The van der Waals surface area contributed by atoms with Gasteiger partial charge in [-0.05, 0) is 38.0 Å². The van der Waals surface area contributed by atoms with Gasteiger partial charge >= 0.3 is 0 Å². The molecule has 1 unspecified atom stereocenters. The average Bonchev–Trinajstić information content (AvgIpc) is 2.50. The van der Waals surface area contributed by atoms with E-state index < -0.39 is 23.1 Å². The highest BCUT2D eigenvalue weighted by molar-refractivity contribution is 5.83. The normalized spacial score (nSPS) is 19.0. The Balaban J connectivity index is 2.12. The van der Waals surface area contributed by atoms with Gasteiger partial charge in [0.25, 0.3) is 0 Å². The molecule has 0 saturated carbocycles. The first-order valence-corrected chi connectivity index (χ1v) is 7.02. The molecule has 0 spiro atoms. The highest BCUT2D eigenvalue weighted by Crippen LogP contribution is 2.30. The van der Waals surface area contributed by atoms with E-state index in [-0.39, 0.29) is 18.0 Å². The number of nitrogens with one attached hydrogen (secondary N) is 1. The van der Waals surface area contributed by atoms with E-state index in [1.165, 1.54) is 0 Å². The molecule has 0 aliphatic carbocycles. The second-order valence-electron chi connectivity index (χ2n) is 5.46. The summed E-state index contributed by atoms with van der Waals surface area (Å²) in [6.07, 6.45) is 1.07. The molecule has 4 nitrogen and oxygen atoms in total. The van der Waals surface area contributed by atoms with Crippen molar-refractivity contribution in [2.24, 2.45) is 11.1 Å². The van der Waals surface area contributed by atoms with E-state index in [1.54, 1.807) is 6.92 Å². The zero-order chi connectivity index (χ0) is 15.5. The molecule has 1 saturated heterocycles. The van der Waals surface area contributed by atoms with Crippen LogP contribution in [0.15, 0.2) is 18.2 Å². The molecule has 0 aromatic heterocycles. The van der Waals surface area contributed by atoms with Crippen molar-refractivity contribution in [2.45, 2.75) is 25.8 Å². The standard InChI is InChI=1S/C15H20F2N2O2/c1-10(12-8-11(16)2-3-13(12)17)19-14(20)15(9-18)4-6-21-7-5-15/h2-3,8,10H,4-7,9,18H2,1H3,(H,19,20). The van der Waals surface area contributed by atoms with Crippen LogP contribution in [0, 0.1) is 17.0 Å². The highest BCUT2D eigenvalue weighted by Gasteiger charge is 2.39. The van der Waals surface area contributed by atoms with Gasteiger partial charge in [0.2, 0.25) is 5.91 Å². The Labute approximate surface area is 122 Å². The number of halogens is 2. The number of carbonyl (C=O) groups excluding carboxylic acids is 1. The zero-order valence-electron chi connectivity index (χ0n) is 12.0. The van der Waals surface area contributed by atoms with Crippen LogP contribution < -0.4 is 11.1 Å². The molecule has 21 heavy (non-hydrogen) atoms. The topological polar surface area (TPSA) is 64.4 Å². The molecule has 1 aromatic carbocycles. The summed E-state index contributed by atoms with van der Waals surface area (Å²) >= 11 is 0. The van der Waals surface area contributed by atoms with Crippen LogP contribution in [0.2, 0.25) is 0 Å². The van der Waals surface area contributed by atoms with Crippen LogP contribution in [0.25, 0.3) is 0 Å². The summed E-state index contributed by atoms with van der Waals surface area (Å²) < 4.78 is 32.2. The van der Waals surface area contributed by atoms with Crippen LogP contribution in [0.3, 0.4) is 0 Å². The van der Waals surface area contributed by atoms with E-state index in [1.807, 2.05) is 0 Å². The van der Waals surface area contributed by atoms with Crippen LogP contribution in [-0.4, -0.2) is 25.7 Å². The first-order valence-electron chi connectivity index (χ1n) is 7.02. The Kier molecular flexibility index (Phi) is 4.90. The minimum absolute atomic E-state index is 0.127. The highest BCUT2D eigenvalue weighted by atomic mass is 19.1. The molecule has 1 aliphatic rings. The maximum absolute atomic E-state index is 13.7. The fraction of sp³-hybridized carbons (Fsp3) is 0.533. The average molecular weight is 298 g/mol. The Morgan fingerprint density at radius 1 is 1.43 bits per heavy atom. The number of rotatable bonds is 4. The minimum atomic E-state index is -0.684. The lowest BCUT2D eigenvalue weighted by atomic mass is 9.79. The van der Waals surface area contributed by atoms with Gasteiger partial charge in [0.15, 0.2) is 0 Å². The molecule has 6 heteroatoms. The number of benzene rings is 1. The molecule has 2 rings (SSSR count). The van der Waals surface area contributed by atoms with Crippen molar-refractivity contribution in [1.29, 1.82) is 0 Å². The smallest absolute Gasteiger partial charge is 0.228 e. The van der Waals surface area contributed by atoms with Gasteiger partial charge in [-0.1, -0.05) is 0 Å². The van der Waals surface area contributed by atoms with Gasteiger partial charge in [-0.15, -0.1) is 0 Å². The van der Waals surface area contributed by atoms with Crippen molar-refractivity contribution >= 4 is 5.91 Å². The predicted molar refractivity (Wildman–Crippen MR) is 74.5 cm³/mol. The van der Waals surface area contributed by atoms with Crippen LogP contribution in [-0.2, 0) is 9.53 Å². The molecule has 1 amide bonds. The number of nitrogens with two attached hydrogens (primary N) is 1. The maximum atomic E-state index is 13.7. The zero-order valence-corrected chi connectivity index (χ0v) is 12.0. The number of amides is 1. The lowest BCUT2D eigenvalue weighted by molar-refractivity contribution is -0.136. The van der Waals surface area contributed by atoms with Gasteiger partial charge in [-0.2, -0.15) is 0 Å². The van der Waals surface area contributed by atoms with Crippen molar-refractivity contribution < 1.29 is 18.3 Å². The summed E-state index contributed by atoms with van der Waals surface area (Å²) in [6, 6.07) is 2.58. The van der Waals surface area contributed by atoms with Gasteiger partial charge < -0.3 is 15.8 Å². The molecule has 0 radical (unpaired) electrons. The van der Waals surface area contributed by atoms with E-state index in [0.717, 1.165) is 18.2 Å². The molecule has 1 atom stereocenters. The lowest BCUT2D eigenvalue weighted by Gasteiger charge is -2.35. The Morgan fingerprint density at radius 2 is 2.10 bits per heavy atom. The van der Waals surface area contributed by atoms with Crippen molar-refractivity contribution in [3.05, 3.63) is 35.4 Å². The van der Waals surface area contributed by atoms with Gasteiger partial charge in [0.1, 0.15) is 11.6 Å². The van der Waals surface area contributed by atoms with Crippen LogP contribution in [0.5, 0.6) is 0 Å². The molecule has 1 aromatic rings. The summed E-state index contributed by atoms with van der Waals surface area (Å²) in [6.45, 7) is 2.79. The maximum Gasteiger partial charge on any atom is 0.228 e. The van der Waals surface area contributed by atoms with E-state index >= 15 is 0 Å². The van der Waals surface area contributed by atoms with E-state index in [2.05, 4.69) is 5.32 Å². The third kappa shape index (κ3) is 3.39. The lowest BCUT2D eigenvalue weighted by Crippen LogP contribution is -2.49. The molecule has 0 bridgehead atoms. The fourth-order valence-electron chi connectivity index (χ4n) is 2.56. The quantitative estimate of drug-likeness (QED) is 0.892. The Bertz CT molecular complexity index is 516. The first kappa shape index (κ1) is 15.9. The Morgan fingerprint density at radius 3 is 2.71 bits per heavy atom. The summed E-state index contributed by atoms with van der Waals surface area (Å²) in [4.78, 5) is 12.5. The summed E-state index contributed by atoms with van der Waals surface area (Å²) in [5.41, 5.74) is 5.20. The van der Waals surface area contributed by atoms with Crippen molar-refractivity contribution in [2.75, 3.05) is 19.8 Å². The third-order valence-corrected chi connectivity index (χ3v) is 4.09. The van der Waals surface area contributed by atoms with E-state index in [4.69, 9.17) is 10.5 Å². The molecule has 1 fully saturated rings. The van der Waals surface area contributed by atoms with Crippen molar-refractivity contribution in [3.8, 4) is 0 Å². The third-order valence-electron chi connectivity index (χ3n) is 4.09. The second-order valence-corrected chi connectivity index (χ2v) is 5.46. The summed E-state index contributed by atoms with van der Waals surface area (Å²) in [7, 11) is 0. The fourth-order valence-corrected chi connectivity index (χ4v) is 2.56. The molecule has 1 heterocycles. The second kappa shape index (κ2) is 6.49. The van der Waals surface area contributed by atoms with Crippen molar-refractivity contribution in [1.82, 2.24) is 5.32 Å². The predicted octanol–water partition coefficient (Wildman–Crippen LogP) is 1.90. The molecular weight excluding hydrogens is 278 g/mol. The Hall–Kier alpha value is -1.53. The minimum Gasteiger partial charge on any atom is -0.381 e. The number of hydrogen-bond acceptors (Lipinski definition) is 3. The summed E-state index contributed by atoms with van der Waals surface area (Å²) in [5.74, 6) is -1.31. The number of carbonyl (C=O) groups is 1. The summed E-state index contributed by atoms with van der Waals surface area (Å²) in [5, 5.41) is 2.74. The molecule has 3 N–H and O–H groups in total. The SMILES string of the molecule is CC(NC(=O)C1(CN)CCOCC1)c1cc(F)ccc1F. The van der Waals surface area contributed by atoms with Gasteiger partial charge in [0.05, 0.1) is 11.5 Å². The van der Waals surface area contributed by atoms with Gasteiger partial charge in [-0.25, -0.2) is 8.78 Å². The van der Waals surface area contributed by atoms with E-state index in [9.17, 15) is 13.6 Å². The number of ether oxygens (including phenoxy) is 1. The molecule has 116 valence electrons. The molecular formula is C15H20F2N2O2. The first-order chi connectivity index (χ1) is 9.98. The van der Waals surface area contributed by atoms with Gasteiger partial charge in [0, 0.05) is 25.3 Å². The molecule has 1 aliphatic heterocycles. The largest absolute Gasteiger partial charge is 0.381 e. The monoisotopic (exact) mass is 298 g/mol. The van der Waals surface area contributed by atoms with Crippen LogP contribution in [0.1, 0.15) is 31.4 Å².